The molecule has 0 aromatic carbocycles. The Morgan fingerprint density at radius 3 is 1.44 bits per heavy atom. The summed E-state index contributed by atoms with van der Waals surface area (Å²) in [5.74, 6) is 0. The van der Waals surface area contributed by atoms with Gasteiger partial charge in [0.25, 0.3) is 0 Å². The molecule has 1 fully saturated rings. The molecule has 0 aromatic heterocycles. The molecule has 0 spiro atoms. The second-order valence-corrected chi connectivity index (χ2v) is 5.65. The van der Waals surface area contributed by atoms with E-state index >= 15 is 0 Å². The molecule has 1 rings (SSSR count). The first kappa shape index (κ1) is 19.0. The van der Waals surface area contributed by atoms with Crippen molar-refractivity contribution in [2.45, 2.75) is 33.6 Å². The third kappa shape index (κ3) is 20.1. The zero-order chi connectivity index (χ0) is 12.8. The van der Waals surface area contributed by atoms with Gasteiger partial charge in [0.05, 0.1) is 0 Å². The smallest absolute Gasteiger partial charge is 0.211 e. The lowest BCUT2D eigenvalue weighted by atomic mass is 10.4. The molecule has 0 atom stereocenters. The van der Waals surface area contributed by atoms with E-state index in [1.54, 1.807) is 0 Å². The van der Waals surface area contributed by atoms with Gasteiger partial charge in [0.15, 0.2) is 0 Å². The minimum Gasteiger partial charge on any atom is -0.381 e. The number of halogens is 2. The van der Waals surface area contributed by atoms with Gasteiger partial charge in [-0.15, -0.1) is 0 Å². The summed E-state index contributed by atoms with van der Waals surface area (Å²) in [5.41, 5.74) is 0. The van der Waals surface area contributed by atoms with Crippen molar-refractivity contribution >= 4 is 30.6 Å². The van der Waals surface area contributed by atoms with Gasteiger partial charge in [0.1, 0.15) is 0 Å². The Labute approximate surface area is 111 Å². The maximum Gasteiger partial charge on any atom is 0.211 e. The van der Waals surface area contributed by atoms with Gasteiger partial charge in [-0.3, -0.25) is 0 Å². The van der Waals surface area contributed by atoms with Crippen molar-refractivity contribution in [2.75, 3.05) is 32.8 Å². The van der Waals surface area contributed by atoms with Crippen molar-refractivity contribution in [2.24, 2.45) is 0 Å². The van der Waals surface area contributed by atoms with E-state index in [9.17, 15) is 0 Å². The Hall–Kier alpha value is 0.650. The summed E-state index contributed by atoms with van der Waals surface area (Å²) in [4.78, 5) is 2.38. The molecule has 16 heavy (non-hydrogen) atoms. The van der Waals surface area contributed by atoms with E-state index in [0.717, 1.165) is 13.2 Å². The van der Waals surface area contributed by atoms with E-state index in [1.165, 1.54) is 32.5 Å². The van der Waals surface area contributed by atoms with Crippen LogP contribution in [-0.4, -0.2) is 42.0 Å². The number of nitrogens with zero attached hydrogens (tertiary/aromatic N) is 1. The van der Waals surface area contributed by atoms with Gasteiger partial charge in [-0.1, -0.05) is 20.8 Å². The van der Waals surface area contributed by atoms with Crippen molar-refractivity contribution in [3.05, 3.63) is 0 Å². The van der Waals surface area contributed by atoms with Gasteiger partial charge >= 0.3 is 0 Å². The molecule has 1 heterocycles. The summed E-state index contributed by atoms with van der Waals surface area (Å²) in [6, 6.07) is 0. The molecule has 3 nitrogen and oxygen atoms in total. The Kier molecular flexibility index (Phi) is 18.6. The SMILES string of the molecule is C1CCOC1.CCN(CC)CC.O=S(Cl)Cl. The average molecular weight is 292 g/mol. The van der Waals surface area contributed by atoms with Crippen molar-refractivity contribution in [3.63, 3.8) is 0 Å². The summed E-state index contributed by atoms with van der Waals surface area (Å²) in [6.07, 6.45) is 2.56. The van der Waals surface area contributed by atoms with Gasteiger partial charge in [0.2, 0.25) is 9.23 Å². The molecule has 1 saturated heterocycles. The first-order valence-electron chi connectivity index (χ1n) is 5.62. The quantitative estimate of drug-likeness (QED) is 0.748. The van der Waals surface area contributed by atoms with Crippen molar-refractivity contribution in [1.29, 1.82) is 0 Å². The predicted octanol–water partition coefficient (Wildman–Crippen LogP) is 3.19. The minimum absolute atomic E-state index is 1.00. The molecule has 0 bridgehead atoms. The zero-order valence-electron chi connectivity index (χ0n) is 10.4. The first-order chi connectivity index (χ1) is 7.58. The number of hydrogen-bond acceptors (Lipinski definition) is 3. The molecule has 0 saturated carbocycles. The lowest BCUT2D eigenvalue weighted by Gasteiger charge is -2.13. The number of rotatable bonds is 3. The van der Waals surface area contributed by atoms with E-state index in [4.69, 9.17) is 8.95 Å². The highest BCUT2D eigenvalue weighted by Crippen LogP contribution is 1.98. The second kappa shape index (κ2) is 15.6. The predicted molar refractivity (Wildman–Crippen MR) is 73.4 cm³/mol. The fourth-order valence-corrected chi connectivity index (χ4v) is 1.18. The topological polar surface area (TPSA) is 29.5 Å². The summed E-state index contributed by atoms with van der Waals surface area (Å²) >= 11 is 0. The Balaban J connectivity index is 0. The number of ether oxygens (including phenoxy) is 1. The largest absolute Gasteiger partial charge is 0.381 e. The Bertz CT molecular complexity index is 137. The van der Waals surface area contributed by atoms with Crippen LogP contribution in [-0.2, 0) is 14.0 Å². The molecular formula is C10H23Cl2NO2S. The van der Waals surface area contributed by atoms with Crippen LogP contribution < -0.4 is 0 Å². The van der Waals surface area contributed by atoms with Gasteiger partial charge < -0.3 is 9.64 Å². The monoisotopic (exact) mass is 291 g/mol. The minimum atomic E-state index is -1.67. The van der Waals surface area contributed by atoms with E-state index in [0.29, 0.717) is 0 Å². The molecule has 0 radical (unpaired) electrons. The highest BCUT2D eigenvalue weighted by atomic mass is 36.0. The Morgan fingerprint density at radius 2 is 1.38 bits per heavy atom. The second-order valence-electron chi connectivity index (χ2n) is 3.12. The third-order valence-electron chi connectivity index (χ3n) is 2.17. The average Bonchev–Trinajstić information content (AvgIpc) is 2.77. The van der Waals surface area contributed by atoms with E-state index in [1.807, 2.05) is 0 Å². The normalized spacial score (nSPS) is 14.2. The molecule has 1 aliphatic rings. The molecule has 0 amide bonds. The molecule has 0 N–H and O–H groups in total. The van der Waals surface area contributed by atoms with Crippen molar-refractivity contribution in [1.82, 2.24) is 4.90 Å². The maximum absolute atomic E-state index is 9.09. The fraction of sp³-hybridized carbons (Fsp3) is 1.00. The number of hydrogen-bond donors (Lipinski definition) is 0. The fourth-order valence-electron chi connectivity index (χ4n) is 1.18. The van der Waals surface area contributed by atoms with E-state index < -0.39 is 9.23 Å². The van der Waals surface area contributed by atoms with Crippen LogP contribution >= 0.6 is 21.4 Å². The first-order valence-corrected chi connectivity index (χ1v) is 8.42. The standard InChI is InChI=1S/C6H15N.C4H8O.Cl2OS/c1-4-7(5-2)6-3;1-2-4-5-3-1;1-4(2)3/h4-6H2,1-3H3;1-4H2;. The van der Waals surface area contributed by atoms with Crippen LogP contribution in [0.1, 0.15) is 33.6 Å². The highest BCUT2D eigenvalue weighted by molar-refractivity contribution is 8.26. The summed E-state index contributed by atoms with van der Waals surface area (Å²) in [5, 5.41) is 0. The van der Waals surface area contributed by atoms with Crippen molar-refractivity contribution < 1.29 is 8.95 Å². The summed E-state index contributed by atoms with van der Waals surface area (Å²) < 4.78 is 14.0. The molecule has 1 aliphatic heterocycles. The van der Waals surface area contributed by atoms with Gasteiger partial charge in [-0.25, -0.2) is 4.21 Å². The zero-order valence-corrected chi connectivity index (χ0v) is 12.7. The molecule has 0 aromatic rings. The molecule has 0 aliphatic carbocycles. The summed E-state index contributed by atoms with van der Waals surface area (Å²) in [7, 11) is 7.36. The van der Waals surface area contributed by atoms with Crippen LogP contribution in [0, 0.1) is 0 Å². The van der Waals surface area contributed by atoms with Gasteiger partial charge in [-0.2, -0.15) is 0 Å². The van der Waals surface area contributed by atoms with Crippen LogP contribution in [0.15, 0.2) is 0 Å². The van der Waals surface area contributed by atoms with Crippen molar-refractivity contribution in [3.8, 4) is 0 Å². The van der Waals surface area contributed by atoms with Crippen LogP contribution in [0.25, 0.3) is 0 Å². The molecule has 100 valence electrons. The lowest BCUT2D eigenvalue weighted by molar-refractivity contribution is 0.198. The Morgan fingerprint density at radius 1 is 1.06 bits per heavy atom. The molecule has 0 unspecified atom stereocenters. The van der Waals surface area contributed by atoms with Crippen LogP contribution in [0.2, 0.25) is 0 Å². The van der Waals surface area contributed by atoms with Crippen LogP contribution in [0.3, 0.4) is 0 Å². The summed E-state index contributed by atoms with van der Waals surface area (Å²) in [6.45, 7) is 12.1. The van der Waals surface area contributed by atoms with Gasteiger partial charge in [0, 0.05) is 34.6 Å². The lowest BCUT2D eigenvalue weighted by Crippen LogP contribution is -2.21. The molecular weight excluding hydrogens is 269 g/mol. The third-order valence-corrected chi connectivity index (χ3v) is 2.17. The van der Waals surface area contributed by atoms with Crippen LogP contribution in [0.4, 0.5) is 0 Å². The maximum atomic E-state index is 9.09. The van der Waals surface area contributed by atoms with Crippen LogP contribution in [0.5, 0.6) is 0 Å². The molecule has 6 heteroatoms. The highest BCUT2D eigenvalue weighted by Gasteiger charge is 1.94. The van der Waals surface area contributed by atoms with E-state index in [2.05, 4.69) is 47.0 Å². The van der Waals surface area contributed by atoms with E-state index in [-0.39, 0.29) is 0 Å². The van der Waals surface area contributed by atoms with Gasteiger partial charge in [-0.05, 0) is 32.5 Å².